The number of carbonyl (C=O) groups excluding carboxylic acids is 1. The summed E-state index contributed by atoms with van der Waals surface area (Å²) in [5.74, 6) is -0.564. The Balaban J connectivity index is 1.69. The Bertz CT molecular complexity index is 945. The standard InChI is InChI=1S/C17H14ClN5O2/c18-14-8-6-13(7-9-14)11-20-23-17(25)15(21-22-23)16(24)19-10-12-4-2-1-3-5-12/h1-9,11,22H,10H2,(H,19,24)/b20-11+. The van der Waals surface area contributed by atoms with Gasteiger partial charge in [-0.25, -0.2) is 0 Å². The third kappa shape index (κ3) is 4.21. The molecule has 2 aromatic carbocycles. The second-order valence-electron chi connectivity index (χ2n) is 5.14. The van der Waals surface area contributed by atoms with Gasteiger partial charge in [0.25, 0.3) is 5.91 Å². The van der Waals surface area contributed by atoms with E-state index in [2.05, 4.69) is 20.7 Å². The van der Waals surface area contributed by atoms with E-state index >= 15 is 0 Å². The molecule has 0 bridgehead atoms. The van der Waals surface area contributed by atoms with Gasteiger partial charge in [-0.05, 0) is 23.3 Å². The normalized spacial score (nSPS) is 10.9. The summed E-state index contributed by atoms with van der Waals surface area (Å²) in [5, 5.41) is 13.4. The highest BCUT2D eigenvalue weighted by Gasteiger charge is 2.16. The van der Waals surface area contributed by atoms with Crippen LogP contribution < -0.4 is 10.9 Å². The molecule has 3 aromatic rings. The Morgan fingerprint density at radius 2 is 1.92 bits per heavy atom. The van der Waals surface area contributed by atoms with Crippen molar-refractivity contribution in [1.29, 1.82) is 0 Å². The number of amides is 1. The second-order valence-corrected chi connectivity index (χ2v) is 5.58. The Labute approximate surface area is 147 Å². The zero-order valence-corrected chi connectivity index (χ0v) is 13.8. The Kier molecular flexibility index (Phi) is 5.06. The second kappa shape index (κ2) is 7.59. The number of rotatable bonds is 5. The number of nitrogens with one attached hydrogen (secondary N) is 2. The summed E-state index contributed by atoms with van der Waals surface area (Å²) in [7, 11) is 0. The van der Waals surface area contributed by atoms with Crippen LogP contribution in [-0.4, -0.2) is 27.2 Å². The molecule has 0 unspecified atom stereocenters. The Morgan fingerprint density at radius 1 is 1.20 bits per heavy atom. The van der Waals surface area contributed by atoms with Crippen LogP contribution in [-0.2, 0) is 6.54 Å². The molecule has 0 aliphatic heterocycles. The number of halogens is 1. The average molecular weight is 356 g/mol. The number of nitrogens with zero attached hydrogens (tertiary/aromatic N) is 3. The van der Waals surface area contributed by atoms with Gasteiger partial charge in [0.1, 0.15) is 0 Å². The fourth-order valence-electron chi connectivity index (χ4n) is 2.05. The summed E-state index contributed by atoms with van der Waals surface area (Å²) >= 11 is 5.81. The van der Waals surface area contributed by atoms with E-state index in [0.29, 0.717) is 11.6 Å². The molecule has 0 fully saturated rings. The van der Waals surface area contributed by atoms with Crippen LogP contribution in [0.1, 0.15) is 21.6 Å². The molecule has 8 heteroatoms. The van der Waals surface area contributed by atoms with Crippen molar-refractivity contribution in [3.63, 3.8) is 0 Å². The minimum Gasteiger partial charge on any atom is -0.346 e. The van der Waals surface area contributed by atoms with Crippen LogP contribution in [0.5, 0.6) is 0 Å². The summed E-state index contributed by atoms with van der Waals surface area (Å²) in [5.41, 5.74) is 0.799. The van der Waals surface area contributed by atoms with E-state index in [4.69, 9.17) is 11.6 Å². The van der Waals surface area contributed by atoms with Gasteiger partial charge >= 0.3 is 5.56 Å². The molecular weight excluding hydrogens is 342 g/mol. The predicted octanol–water partition coefficient (Wildman–Crippen LogP) is 2.04. The molecule has 3 rings (SSSR count). The number of carbonyl (C=O) groups is 1. The van der Waals surface area contributed by atoms with E-state index in [1.807, 2.05) is 30.3 Å². The summed E-state index contributed by atoms with van der Waals surface area (Å²) in [6, 6.07) is 16.3. The summed E-state index contributed by atoms with van der Waals surface area (Å²) < 4.78 is 0. The van der Waals surface area contributed by atoms with E-state index in [0.717, 1.165) is 15.9 Å². The third-order valence-electron chi connectivity index (χ3n) is 3.35. The fraction of sp³-hybridized carbons (Fsp3) is 0.0588. The lowest BCUT2D eigenvalue weighted by Gasteiger charge is -2.01. The Morgan fingerprint density at radius 3 is 2.64 bits per heavy atom. The van der Waals surface area contributed by atoms with E-state index in [1.54, 1.807) is 24.3 Å². The number of aromatic nitrogens is 3. The van der Waals surface area contributed by atoms with E-state index < -0.39 is 11.5 Å². The molecule has 0 aliphatic rings. The van der Waals surface area contributed by atoms with Crippen molar-refractivity contribution in [2.45, 2.75) is 6.54 Å². The first-order chi connectivity index (χ1) is 12.1. The van der Waals surface area contributed by atoms with Gasteiger partial charge in [0.15, 0.2) is 0 Å². The molecule has 25 heavy (non-hydrogen) atoms. The van der Waals surface area contributed by atoms with Gasteiger partial charge in [0.2, 0.25) is 5.69 Å². The number of hydrogen-bond acceptors (Lipinski definition) is 4. The van der Waals surface area contributed by atoms with Crippen LogP contribution in [0.25, 0.3) is 0 Å². The lowest BCUT2D eigenvalue weighted by molar-refractivity contribution is 0.0944. The Hall–Kier alpha value is -3.19. The van der Waals surface area contributed by atoms with Crippen molar-refractivity contribution in [3.05, 3.63) is 86.8 Å². The predicted molar refractivity (Wildman–Crippen MR) is 94.9 cm³/mol. The average Bonchev–Trinajstić information content (AvgIpc) is 3.01. The number of aromatic amines is 1. The van der Waals surface area contributed by atoms with E-state index in [-0.39, 0.29) is 5.69 Å². The molecule has 1 amide bonds. The molecule has 0 atom stereocenters. The summed E-state index contributed by atoms with van der Waals surface area (Å²) in [6.07, 6.45) is 1.46. The minimum atomic E-state index is -0.629. The SMILES string of the molecule is O=C(NCc1ccccc1)c1n[nH]n(/N=C/c2ccc(Cl)cc2)c1=O. The smallest absolute Gasteiger partial charge is 0.320 e. The molecule has 0 saturated carbocycles. The van der Waals surface area contributed by atoms with Gasteiger partial charge in [-0.2, -0.15) is 10.3 Å². The van der Waals surface area contributed by atoms with E-state index in [1.165, 1.54) is 6.21 Å². The van der Waals surface area contributed by atoms with Crippen LogP contribution in [0.4, 0.5) is 0 Å². The van der Waals surface area contributed by atoms with Gasteiger partial charge < -0.3 is 5.32 Å². The maximum atomic E-state index is 12.2. The van der Waals surface area contributed by atoms with Crippen molar-refractivity contribution < 1.29 is 4.79 Å². The molecule has 1 heterocycles. The highest BCUT2D eigenvalue weighted by Crippen LogP contribution is 2.07. The lowest BCUT2D eigenvalue weighted by Crippen LogP contribution is -2.29. The first-order valence-corrected chi connectivity index (χ1v) is 7.81. The highest BCUT2D eigenvalue weighted by molar-refractivity contribution is 6.30. The topological polar surface area (TPSA) is 92.1 Å². The fourth-order valence-corrected chi connectivity index (χ4v) is 2.18. The van der Waals surface area contributed by atoms with E-state index in [9.17, 15) is 9.59 Å². The maximum Gasteiger partial charge on any atom is 0.320 e. The maximum absolute atomic E-state index is 12.2. The van der Waals surface area contributed by atoms with Gasteiger partial charge in [-0.15, -0.1) is 9.89 Å². The summed E-state index contributed by atoms with van der Waals surface area (Å²) in [6.45, 7) is 0.306. The zero-order valence-electron chi connectivity index (χ0n) is 13.0. The van der Waals surface area contributed by atoms with Crippen LogP contribution in [0.15, 0.2) is 64.5 Å². The highest BCUT2D eigenvalue weighted by atomic mass is 35.5. The molecule has 1 aromatic heterocycles. The van der Waals surface area contributed by atoms with Gasteiger partial charge in [-0.3, -0.25) is 9.59 Å². The largest absolute Gasteiger partial charge is 0.346 e. The van der Waals surface area contributed by atoms with Gasteiger partial charge in [0, 0.05) is 11.6 Å². The minimum absolute atomic E-state index is 0.246. The lowest BCUT2D eigenvalue weighted by atomic mass is 10.2. The van der Waals surface area contributed by atoms with Crippen LogP contribution in [0, 0.1) is 0 Å². The van der Waals surface area contributed by atoms with Gasteiger partial charge in [0.05, 0.1) is 6.21 Å². The number of hydrogen-bond donors (Lipinski definition) is 2. The monoisotopic (exact) mass is 355 g/mol. The molecule has 0 radical (unpaired) electrons. The van der Waals surface area contributed by atoms with Gasteiger partial charge in [-0.1, -0.05) is 54.1 Å². The summed E-state index contributed by atoms with van der Waals surface area (Å²) in [4.78, 5) is 25.2. The number of H-pyrrole nitrogens is 1. The zero-order chi connectivity index (χ0) is 17.6. The third-order valence-corrected chi connectivity index (χ3v) is 3.61. The van der Waals surface area contributed by atoms with Crippen LogP contribution in [0.2, 0.25) is 5.02 Å². The van der Waals surface area contributed by atoms with Crippen molar-refractivity contribution in [2.24, 2.45) is 5.10 Å². The molecule has 0 saturated heterocycles. The molecule has 2 N–H and O–H groups in total. The molecule has 7 nitrogen and oxygen atoms in total. The molecular formula is C17H14ClN5O2. The first kappa shape index (κ1) is 16.7. The van der Waals surface area contributed by atoms with Crippen molar-refractivity contribution in [1.82, 2.24) is 20.4 Å². The quantitative estimate of drug-likeness (QED) is 0.686. The molecule has 0 spiro atoms. The molecule has 126 valence electrons. The van der Waals surface area contributed by atoms with Crippen LogP contribution in [0.3, 0.4) is 0 Å². The first-order valence-electron chi connectivity index (χ1n) is 7.43. The van der Waals surface area contributed by atoms with Crippen molar-refractivity contribution >= 4 is 23.7 Å². The van der Waals surface area contributed by atoms with Crippen LogP contribution >= 0.6 is 11.6 Å². The van der Waals surface area contributed by atoms with Crippen molar-refractivity contribution in [3.8, 4) is 0 Å². The molecule has 0 aliphatic carbocycles. The number of benzene rings is 2. The van der Waals surface area contributed by atoms with Crippen molar-refractivity contribution in [2.75, 3.05) is 0 Å².